The Balaban J connectivity index is 1.38. The predicted molar refractivity (Wildman–Crippen MR) is 147 cm³/mol. The minimum Gasteiger partial charge on any atom is -0.619 e. The molecule has 9 nitrogen and oxygen atoms in total. The van der Waals surface area contributed by atoms with Gasteiger partial charge in [-0.15, -0.1) is 23.1 Å². The van der Waals surface area contributed by atoms with Gasteiger partial charge in [-0.2, -0.15) is 9.83 Å². The smallest absolute Gasteiger partial charge is 0.281 e. The molecule has 0 radical (unpaired) electrons. The van der Waals surface area contributed by atoms with Crippen molar-refractivity contribution in [2.75, 3.05) is 5.75 Å². The van der Waals surface area contributed by atoms with Crippen LogP contribution in [0.15, 0.2) is 75.8 Å². The Bertz CT molecular complexity index is 1620. The molecule has 196 valence electrons. The van der Waals surface area contributed by atoms with Crippen molar-refractivity contribution in [3.8, 4) is 0 Å². The van der Waals surface area contributed by atoms with Crippen molar-refractivity contribution >= 4 is 79.3 Å². The third-order valence-electron chi connectivity index (χ3n) is 5.34. The second-order valence-electron chi connectivity index (χ2n) is 7.96. The van der Waals surface area contributed by atoms with Crippen molar-refractivity contribution in [3.63, 3.8) is 0 Å². The highest BCUT2D eigenvalue weighted by atomic mass is 35.5. The van der Waals surface area contributed by atoms with Crippen molar-refractivity contribution in [3.05, 3.63) is 96.4 Å². The summed E-state index contributed by atoms with van der Waals surface area (Å²) in [5.74, 6) is -2.33. The zero-order chi connectivity index (χ0) is 27.6. The second kappa shape index (κ2) is 11.4. The average molecular weight is 611 g/mol. The van der Waals surface area contributed by atoms with Crippen LogP contribution < -0.4 is 10.2 Å². The quantitative estimate of drug-likeness (QED) is 0.131. The van der Waals surface area contributed by atoms with Gasteiger partial charge in [-0.05, 0) is 42.2 Å². The van der Waals surface area contributed by atoms with Gasteiger partial charge in [0.05, 0.1) is 35.7 Å². The molecule has 0 saturated heterocycles. The fourth-order valence-electron chi connectivity index (χ4n) is 3.36. The number of allylic oxidation sites excluding steroid dienone is 1. The highest BCUT2D eigenvalue weighted by molar-refractivity contribution is 8.03. The lowest BCUT2D eigenvalue weighted by Crippen LogP contribution is -2.25. The van der Waals surface area contributed by atoms with Gasteiger partial charge >= 0.3 is 0 Å². The van der Waals surface area contributed by atoms with Gasteiger partial charge in [0.15, 0.2) is 33.8 Å². The second-order valence-corrected chi connectivity index (χ2v) is 12.8. The van der Waals surface area contributed by atoms with Gasteiger partial charge in [-0.3, -0.25) is 14.4 Å². The number of sulfone groups is 1. The lowest BCUT2D eigenvalue weighted by molar-refractivity contribution is -0.605. The molecule has 2 aromatic heterocycles. The number of carbonyl (C=O) groups is 3. The maximum atomic E-state index is 12.9. The number of halogens is 2. The van der Waals surface area contributed by atoms with Crippen molar-refractivity contribution in [2.45, 2.75) is 17.1 Å². The summed E-state index contributed by atoms with van der Waals surface area (Å²) in [6, 6.07) is 9.92. The van der Waals surface area contributed by atoms with Crippen LogP contribution in [0.1, 0.15) is 37.1 Å². The summed E-state index contributed by atoms with van der Waals surface area (Å²) in [6.45, 7) is 1.58. The molecule has 0 aliphatic carbocycles. The summed E-state index contributed by atoms with van der Waals surface area (Å²) >= 11 is 14.1. The van der Waals surface area contributed by atoms with E-state index < -0.39 is 32.5 Å². The summed E-state index contributed by atoms with van der Waals surface area (Å²) in [5.41, 5.74) is 3.67. The molecule has 1 aromatic carbocycles. The Labute approximate surface area is 235 Å². The molecule has 1 amide bonds. The van der Waals surface area contributed by atoms with E-state index in [1.165, 1.54) is 23.9 Å². The largest absolute Gasteiger partial charge is 0.619 e. The van der Waals surface area contributed by atoms with E-state index in [-0.39, 0.29) is 20.4 Å². The Kier molecular flexibility index (Phi) is 8.38. The lowest BCUT2D eigenvalue weighted by atomic mass is 10.0. The van der Waals surface area contributed by atoms with Crippen molar-refractivity contribution in [2.24, 2.45) is 5.10 Å². The monoisotopic (exact) mass is 609 g/mol. The van der Waals surface area contributed by atoms with E-state index in [0.717, 1.165) is 35.9 Å². The third-order valence-corrected chi connectivity index (χ3v) is 9.97. The molecule has 0 saturated carbocycles. The molecule has 1 aliphatic rings. The molecule has 0 fully saturated rings. The molecule has 14 heteroatoms. The number of hydrazone groups is 1. The number of aromatic nitrogens is 1. The molecule has 1 N–H and O–H groups in total. The summed E-state index contributed by atoms with van der Waals surface area (Å²) in [5, 5.41) is 17.0. The normalized spacial score (nSPS) is 15.9. The van der Waals surface area contributed by atoms with Gasteiger partial charge in [0.25, 0.3) is 5.91 Å². The SMILES string of the molecule is C/C(=N\NC(=O)c1ccc(C(=O)CS(=O)(=O)c2cc[n+]([O-])cc2)s1)C1=CSC(c2ccc(Cl)c(Cl)c2)C1=O. The molecule has 38 heavy (non-hydrogen) atoms. The van der Waals surface area contributed by atoms with E-state index in [2.05, 4.69) is 10.5 Å². The number of nitrogens with zero attached hydrogens (tertiary/aromatic N) is 2. The summed E-state index contributed by atoms with van der Waals surface area (Å²) < 4.78 is 25.4. The third kappa shape index (κ3) is 6.16. The standard InChI is InChI=1S/C24H17Cl2N3O6S3/c1-13(16-11-36-23(22(16)31)14-2-3-17(25)18(26)10-14)27-28-24(32)21-5-4-20(37-21)19(30)12-38(34,35)15-6-8-29(33)9-7-15/h2-11,23H,12H2,1H3,(H,28,32)/b27-13+. The first-order chi connectivity index (χ1) is 18.0. The number of thiophene rings is 1. The number of pyridine rings is 1. The number of hydrogen-bond donors (Lipinski definition) is 1. The Hall–Kier alpha value is -3.03. The molecule has 3 heterocycles. The number of Topliss-reactive ketones (excluding diaryl/α,β-unsaturated/α-hetero) is 2. The molecule has 1 atom stereocenters. The van der Waals surface area contributed by atoms with Crippen LogP contribution in [-0.2, 0) is 14.6 Å². The Morgan fingerprint density at radius 1 is 1.08 bits per heavy atom. The maximum Gasteiger partial charge on any atom is 0.281 e. The molecular weight excluding hydrogens is 593 g/mol. The topological polar surface area (TPSA) is 137 Å². The first-order valence-corrected chi connectivity index (χ1v) is 14.9. The minimum absolute atomic E-state index is 0.0730. The van der Waals surface area contributed by atoms with Crippen LogP contribution in [0, 0.1) is 5.21 Å². The minimum atomic E-state index is -3.97. The van der Waals surface area contributed by atoms with E-state index in [1.807, 2.05) is 0 Å². The molecule has 1 unspecified atom stereocenters. The number of ketones is 2. The van der Waals surface area contributed by atoms with Crippen LogP contribution in [0.5, 0.6) is 0 Å². The first-order valence-electron chi connectivity index (χ1n) is 10.7. The number of hydrogen-bond acceptors (Lipinski definition) is 9. The lowest BCUT2D eigenvalue weighted by Gasteiger charge is -2.10. The van der Waals surface area contributed by atoms with Gasteiger partial charge in [0.1, 0.15) is 5.75 Å². The highest BCUT2D eigenvalue weighted by Gasteiger charge is 2.31. The van der Waals surface area contributed by atoms with Crippen LogP contribution >= 0.6 is 46.3 Å². The van der Waals surface area contributed by atoms with Gasteiger partial charge < -0.3 is 5.21 Å². The van der Waals surface area contributed by atoms with Crippen molar-refractivity contribution < 1.29 is 27.5 Å². The summed E-state index contributed by atoms with van der Waals surface area (Å²) in [4.78, 5) is 38.1. The molecule has 4 rings (SSSR count). The summed E-state index contributed by atoms with van der Waals surface area (Å²) in [6.07, 6.45) is 2.05. The van der Waals surface area contributed by atoms with Gasteiger partial charge in [0, 0.05) is 17.7 Å². The fourth-order valence-corrected chi connectivity index (χ4v) is 6.91. The number of nitrogens with one attached hydrogen (secondary N) is 1. The van der Waals surface area contributed by atoms with E-state index in [0.29, 0.717) is 31.6 Å². The number of carbonyl (C=O) groups excluding carboxylic acids is 3. The molecular formula is C24H17Cl2N3O6S3. The number of rotatable bonds is 8. The van der Waals surface area contributed by atoms with Crippen LogP contribution in [-0.4, -0.2) is 37.4 Å². The van der Waals surface area contributed by atoms with Gasteiger partial charge in [-0.25, -0.2) is 13.8 Å². The Morgan fingerprint density at radius 2 is 1.76 bits per heavy atom. The molecule has 3 aromatic rings. The van der Waals surface area contributed by atoms with E-state index in [1.54, 1.807) is 30.5 Å². The Morgan fingerprint density at radius 3 is 2.45 bits per heavy atom. The van der Waals surface area contributed by atoms with E-state index >= 15 is 0 Å². The fraction of sp³-hybridized carbons (Fsp3) is 0.125. The van der Waals surface area contributed by atoms with E-state index in [9.17, 15) is 28.0 Å². The first kappa shape index (κ1) is 28.0. The van der Waals surface area contributed by atoms with Gasteiger partial charge in [0.2, 0.25) is 0 Å². The highest BCUT2D eigenvalue weighted by Crippen LogP contribution is 2.41. The molecule has 0 spiro atoms. The maximum absolute atomic E-state index is 12.9. The van der Waals surface area contributed by atoms with Crippen molar-refractivity contribution in [1.29, 1.82) is 0 Å². The van der Waals surface area contributed by atoms with Gasteiger partial charge in [-0.1, -0.05) is 29.3 Å². The predicted octanol–water partition coefficient (Wildman–Crippen LogP) is 4.39. The molecule has 1 aliphatic heterocycles. The average Bonchev–Trinajstić information content (AvgIpc) is 3.52. The zero-order valence-electron chi connectivity index (χ0n) is 19.4. The van der Waals surface area contributed by atoms with Crippen LogP contribution in [0.2, 0.25) is 10.0 Å². The zero-order valence-corrected chi connectivity index (χ0v) is 23.3. The van der Waals surface area contributed by atoms with Crippen LogP contribution in [0.4, 0.5) is 0 Å². The number of thioether (sulfide) groups is 1. The van der Waals surface area contributed by atoms with Crippen LogP contribution in [0.3, 0.4) is 0 Å². The van der Waals surface area contributed by atoms with Crippen LogP contribution in [0.25, 0.3) is 0 Å². The molecule has 0 bridgehead atoms. The number of benzene rings is 1. The number of amides is 1. The van der Waals surface area contributed by atoms with Crippen molar-refractivity contribution in [1.82, 2.24) is 5.43 Å². The van der Waals surface area contributed by atoms with E-state index in [4.69, 9.17) is 23.2 Å². The summed E-state index contributed by atoms with van der Waals surface area (Å²) in [7, 11) is -3.97.